The fraction of sp³-hybridized carbons (Fsp3) is 0.200. The standard InChI is InChI=1S/C15H15N3O4S/c1-8-9(2)23-15(13(8)14(16)20)17-12(19)7-10-3-5-11(6-4-10)18(21)22/h3-6H,7H2,1-2H3,(H2,16,20)(H,17,19). The minimum absolute atomic E-state index is 0.0327. The number of nitro benzene ring substituents is 1. The van der Waals surface area contributed by atoms with E-state index in [-0.39, 0.29) is 18.0 Å². The van der Waals surface area contributed by atoms with Crippen LogP contribution in [-0.2, 0) is 11.2 Å². The summed E-state index contributed by atoms with van der Waals surface area (Å²) in [5.41, 5.74) is 7.04. The number of nitrogens with two attached hydrogens (primary N) is 1. The molecule has 0 saturated carbocycles. The lowest BCUT2D eigenvalue weighted by atomic mass is 10.1. The first-order chi connectivity index (χ1) is 10.8. The third-order valence-electron chi connectivity index (χ3n) is 3.40. The first kappa shape index (κ1) is 16.6. The number of rotatable bonds is 5. The number of amides is 2. The summed E-state index contributed by atoms with van der Waals surface area (Å²) in [6.45, 7) is 3.62. The molecule has 0 saturated heterocycles. The quantitative estimate of drug-likeness (QED) is 0.646. The first-order valence-electron chi connectivity index (χ1n) is 6.72. The van der Waals surface area contributed by atoms with Gasteiger partial charge in [0.15, 0.2) is 0 Å². The molecule has 2 rings (SSSR count). The van der Waals surface area contributed by atoms with Crippen LogP contribution >= 0.6 is 11.3 Å². The number of thiophene rings is 1. The fourth-order valence-corrected chi connectivity index (χ4v) is 3.19. The van der Waals surface area contributed by atoms with Crippen LogP contribution < -0.4 is 11.1 Å². The lowest BCUT2D eigenvalue weighted by molar-refractivity contribution is -0.384. The van der Waals surface area contributed by atoms with Crippen molar-refractivity contribution in [1.82, 2.24) is 0 Å². The van der Waals surface area contributed by atoms with Gasteiger partial charge in [-0.1, -0.05) is 12.1 Å². The van der Waals surface area contributed by atoms with Gasteiger partial charge in [0.1, 0.15) is 5.00 Å². The third-order valence-corrected chi connectivity index (χ3v) is 4.52. The second-order valence-electron chi connectivity index (χ2n) is 5.00. The monoisotopic (exact) mass is 333 g/mol. The lowest BCUT2D eigenvalue weighted by Crippen LogP contribution is -2.18. The van der Waals surface area contributed by atoms with E-state index in [1.165, 1.54) is 35.6 Å². The molecular weight excluding hydrogens is 318 g/mol. The van der Waals surface area contributed by atoms with Gasteiger partial charge < -0.3 is 11.1 Å². The summed E-state index contributed by atoms with van der Waals surface area (Å²) in [4.78, 5) is 34.6. The van der Waals surface area contributed by atoms with Gasteiger partial charge in [0, 0.05) is 17.0 Å². The zero-order valence-corrected chi connectivity index (χ0v) is 13.4. The van der Waals surface area contributed by atoms with Crippen LogP contribution in [0.5, 0.6) is 0 Å². The number of non-ortho nitro benzene ring substituents is 1. The molecule has 0 atom stereocenters. The Morgan fingerprint density at radius 1 is 1.26 bits per heavy atom. The van der Waals surface area contributed by atoms with Gasteiger partial charge in [-0.25, -0.2) is 0 Å². The first-order valence-corrected chi connectivity index (χ1v) is 7.54. The number of anilines is 1. The second kappa shape index (κ2) is 6.57. The highest BCUT2D eigenvalue weighted by molar-refractivity contribution is 7.16. The van der Waals surface area contributed by atoms with E-state index in [0.717, 1.165) is 10.4 Å². The Bertz CT molecular complexity index is 781. The Morgan fingerprint density at radius 2 is 1.87 bits per heavy atom. The normalized spacial score (nSPS) is 10.3. The zero-order chi connectivity index (χ0) is 17.1. The maximum absolute atomic E-state index is 12.1. The number of primary amides is 1. The van der Waals surface area contributed by atoms with E-state index in [9.17, 15) is 19.7 Å². The van der Waals surface area contributed by atoms with Crippen LogP contribution in [0.1, 0.15) is 26.4 Å². The van der Waals surface area contributed by atoms with Gasteiger partial charge in [-0.05, 0) is 25.0 Å². The Hall–Kier alpha value is -2.74. The van der Waals surface area contributed by atoms with Crippen molar-refractivity contribution in [3.8, 4) is 0 Å². The number of carbonyl (C=O) groups is 2. The topological polar surface area (TPSA) is 115 Å². The summed E-state index contributed by atoms with van der Waals surface area (Å²) in [6, 6.07) is 5.74. The Balaban J connectivity index is 2.12. The van der Waals surface area contributed by atoms with Gasteiger partial charge in [-0.2, -0.15) is 0 Å². The minimum atomic E-state index is -0.586. The number of hydrogen-bond donors (Lipinski definition) is 2. The van der Waals surface area contributed by atoms with Crippen LogP contribution in [0, 0.1) is 24.0 Å². The molecule has 1 aromatic heterocycles. The molecule has 23 heavy (non-hydrogen) atoms. The van der Waals surface area contributed by atoms with Crippen LogP contribution in [0.3, 0.4) is 0 Å². The molecule has 8 heteroatoms. The SMILES string of the molecule is Cc1sc(NC(=O)Cc2ccc([N+](=O)[O-])cc2)c(C(N)=O)c1C. The van der Waals surface area contributed by atoms with Crippen molar-refractivity contribution < 1.29 is 14.5 Å². The molecule has 0 aliphatic carbocycles. The van der Waals surface area contributed by atoms with Crippen molar-refractivity contribution in [3.05, 3.63) is 55.9 Å². The van der Waals surface area contributed by atoms with E-state index in [0.29, 0.717) is 16.1 Å². The minimum Gasteiger partial charge on any atom is -0.365 e. The number of hydrogen-bond acceptors (Lipinski definition) is 5. The Kier molecular flexibility index (Phi) is 4.75. The molecule has 0 aliphatic heterocycles. The molecule has 3 N–H and O–H groups in total. The molecule has 0 aliphatic rings. The van der Waals surface area contributed by atoms with E-state index in [4.69, 9.17) is 5.73 Å². The van der Waals surface area contributed by atoms with Crippen LogP contribution in [0.15, 0.2) is 24.3 Å². The molecule has 120 valence electrons. The number of aryl methyl sites for hydroxylation is 1. The van der Waals surface area contributed by atoms with Crippen molar-refractivity contribution in [2.45, 2.75) is 20.3 Å². The molecule has 0 fully saturated rings. The third kappa shape index (κ3) is 3.72. The van der Waals surface area contributed by atoms with Crippen molar-refractivity contribution in [2.24, 2.45) is 5.73 Å². The van der Waals surface area contributed by atoms with E-state index in [1.807, 2.05) is 6.92 Å². The largest absolute Gasteiger partial charge is 0.365 e. The smallest absolute Gasteiger partial charge is 0.269 e. The van der Waals surface area contributed by atoms with Crippen LogP contribution in [0.2, 0.25) is 0 Å². The summed E-state index contributed by atoms with van der Waals surface area (Å²) >= 11 is 1.29. The maximum atomic E-state index is 12.1. The van der Waals surface area contributed by atoms with E-state index >= 15 is 0 Å². The average Bonchev–Trinajstić information content (AvgIpc) is 2.74. The van der Waals surface area contributed by atoms with E-state index in [1.54, 1.807) is 6.92 Å². The molecule has 0 unspecified atom stereocenters. The second-order valence-corrected chi connectivity index (χ2v) is 6.22. The number of carbonyl (C=O) groups excluding carboxylic acids is 2. The molecule has 0 radical (unpaired) electrons. The maximum Gasteiger partial charge on any atom is 0.269 e. The fourth-order valence-electron chi connectivity index (χ4n) is 2.10. The average molecular weight is 333 g/mol. The molecule has 2 aromatic rings. The Labute approximate surface area is 136 Å². The molecule has 1 aromatic carbocycles. The van der Waals surface area contributed by atoms with Gasteiger partial charge >= 0.3 is 0 Å². The molecule has 0 bridgehead atoms. The predicted molar refractivity (Wildman–Crippen MR) is 87.7 cm³/mol. The van der Waals surface area contributed by atoms with Crippen molar-refractivity contribution in [2.75, 3.05) is 5.32 Å². The van der Waals surface area contributed by atoms with Gasteiger partial charge in [0.2, 0.25) is 5.91 Å². The predicted octanol–water partition coefficient (Wildman–Crippen LogP) is 2.55. The van der Waals surface area contributed by atoms with Crippen molar-refractivity contribution >= 4 is 33.8 Å². The number of nitrogens with one attached hydrogen (secondary N) is 1. The molecule has 7 nitrogen and oxygen atoms in total. The number of benzene rings is 1. The number of nitro groups is 1. The molecule has 2 amide bonds. The van der Waals surface area contributed by atoms with E-state index in [2.05, 4.69) is 5.32 Å². The van der Waals surface area contributed by atoms with Crippen LogP contribution in [0.25, 0.3) is 0 Å². The van der Waals surface area contributed by atoms with Crippen LogP contribution in [0.4, 0.5) is 10.7 Å². The molecule has 0 spiro atoms. The highest BCUT2D eigenvalue weighted by Gasteiger charge is 2.19. The summed E-state index contributed by atoms with van der Waals surface area (Å²) in [5, 5.41) is 13.7. The molecule has 1 heterocycles. The van der Waals surface area contributed by atoms with Crippen molar-refractivity contribution in [3.63, 3.8) is 0 Å². The highest BCUT2D eigenvalue weighted by Crippen LogP contribution is 2.32. The van der Waals surface area contributed by atoms with Gasteiger partial charge in [-0.15, -0.1) is 11.3 Å². The summed E-state index contributed by atoms with van der Waals surface area (Å²) in [6.07, 6.45) is 0.0478. The molecular formula is C15H15N3O4S. The summed E-state index contributed by atoms with van der Waals surface area (Å²) < 4.78 is 0. The van der Waals surface area contributed by atoms with Gasteiger partial charge in [0.05, 0.1) is 16.9 Å². The van der Waals surface area contributed by atoms with E-state index < -0.39 is 10.8 Å². The van der Waals surface area contributed by atoms with Gasteiger partial charge in [-0.3, -0.25) is 19.7 Å². The zero-order valence-electron chi connectivity index (χ0n) is 12.6. The highest BCUT2D eigenvalue weighted by atomic mass is 32.1. The summed E-state index contributed by atoms with van der Waals surface area (Å²) in [5.74, 6) is -0.903. The summed E-state index contributed by atoms with van der Waals surface area (Å²) in [7, 11) is 0. The number of nitrogens with zero attached hydrogens (tertiary/aromatic N) is 1. The Morgan fingerprint density at radius 3 is 2.39 bits per heavy atom. The van der Waals surface area contributed by atoms with Crippen LogP contribution in [-0.4, -0.2) is 16.7 Å². The van der Waals surface area contributed by atoms with Crippen molar-refractivity contribution in [1.29, 1.82) is 0 Å². The lowest BCUT2D eigenvalue weighted by Gasteiger charge is -2.05. The van der Waals surface area contributed by atoms with Gasteiger partial charge in [0.25, 0.3) is 11.6 Å².